The Labute approximate surface area is 131 Å². The SMILES string of the molecule is COc1ccccc1COc1[c]ccc(-c2ccccc2)c1. The molecule has 0 atom stereocenters. The van der Waals surface area contributed by atoms with Crippen molar-refractivity contribution < 1.29 is 9.47 Å². The van der Waals surface area contributed by atoms with Gasteiger partial charge in [0.25, 0.3) is 0 Å². The molecular formula is C20H17O2. The van der Waals surface area contributed by atoms with E-state index in [1.54, 1.807) is 7.11 Å². The fourth-order valence-corrected chi connectivity index (χ4v) is 2.32. The number of hydrogen-bond donors (Lipinski definition) is 0. The molecule has 3 rings (SSSR count). The molecule has 0 aliphatic heterocycles. The molecule has 0 N–H and O–H groups in total. The van der Waals surface area contributed by atoms with Gasteiger partial charge in [-0.15, -0.1) is 0 Å². The average Bonchev–Trinajstić information content (AvgIpc) is 2.61. The Balaban J connectivity index is 1.76. The summed E-state index contributed by atoms with van der Waals surface area (Å²) < 4.78 is 11.2. The zero-order valence-corrected chi connectivity index (χ0v) is 12.5. The zero-order chi connectivity index (χ0) is 15.2. The van der Waals surface area contributed by atoms with Crippen LogP contribution in [0.4, 0.5) is 0 Å². The number of rotatable bonds is 5. The first-order valence-corrected chi connectivity index (χ1v) is 7.18. The Kier molecular flexibility index (Phi) is 4.40. The monoisotopic (exact) mass is 289 g/mol. The van der Waals surface area contributed by atoms with Gasteiger partial charge in [-0.2, -0.15) is 0 Å². The maximum absolute atomic E-state index is 5.86. The molecule has 1 radical (unpaired) electrons. The Morgan fingerprint density at radius 1 is 0.864 bits per heavy atom. The highest BCUT2D eigenvalue weighted by atomic mass is 16.5. The molecule has 0 aromatic heterocycles. The first-order valence-electron chi connectivity index (χ1n) is 7.18. The maximum Gasteiger partial charge on any atom is 0.128 e. The van der Waals surface area contributed by atoms with Crippen LogP contribution in [0.15, 0.2) is 72.8 Å². The van der Waals surface area contributed by atoms with Gasteiger partial charge in [0.2, 0.25) is 0 Å². The minimum atomic E-state index is 0.457. The third-order valence-corrected chi connectivity index (χ3v) is 3.46. The normalized spacial score (nSPS) is 10.2. The Morgan fingerprint density at radius 2 is 1.64 bits per heavy atom. The van der Waals surface area contributed by atoms with Crippen LogP contribution in [0, 0.1) is 6.07 Å². The molecule has 0 saturated heterocycles. The molecule has 0 amide bonds. The largest absolute Gasteiger partial charge is 0.496 e. The van der Waals surface area contributed by atoms with E-state index in [1.807, 2.05) is 60.7 Å². The van der Waals surface area contributed by atoms with E-state index in [-0.39, 0.29) is 0 Å². The second-order valence-electron chi connectivity index (χ2n) is 4.91. The molecule has 0 fully saturated rings. The summed E-state index contributed by atoms with van der Waals surface area (Å²) in [5.74, 6) is 1.56. The number of para-hydroxylation sites is 1. The van der Waals surface area contributed by atoms with E-state index in [1.165, 1.54) is 5.56 Å². The van der Waals surface area contributed by atoms with Gasteiger partial charge in [-0.1, -0.05) is 54.6 Å². The van der Waals surface area contributed by atoms with Gasteiger partial charge in [-0.05, 0) is 29.3 Å². The van der Waals surface area contributed by atoms with Crippen LogP contribution in [0.3, 0.4) is 0 Å². The highest BCUT2D eigenvalue weighted by Crippen LogP contribution is 2.25. The molecule has 109 valence electrons. The van der Waals surface area contributed by atoms with Gasteiger partial charge < -0.3 is 9.47 Å². The van der Waals surface area contributed by atoms with Gasteiger partial charge >= 0.3 is 0 Å². The number of ether oxygens (including phenoxy) is 2. The minimum Gasteiger partial charge on any atom is -0.496 e. The van der Waals surface area contributed by atoms with Crippen molar-refractivity contribution in [1.29, 1.82) is 0 Å². The third kappa shape index (κ3) is 3.29. The van der Waals surface area contributed by atoms with E-state index in [4.69, 9.17) is 9.47 Å². The van der Waals surface area contributed by atoms with Crippen molar-refractivity contribution in [2.75, 3.05) is 7.11 Å². The van der Waals surface area contributed by atoms with Crippen LogP contribution in [-0.2, 0) is 6.61 Å². The van der Waals surface area contributed by atoms with Gasteiger partial charge in [0, 0.05) is 11.6 Å². The lowest BCUT2D eigenvalue weighted by molar-refractivity contribution is 0.296. The summed E-state index contributed by atoms with van der Waals surface area (Å²) in [4.78, 5) is 0. The molecule has 0 aliphatic rings. The number of methoxy groups -OCH3 is 1. The lowest BCUT2D eigenvalue weighted by Crippen LogP contribution is -1.98. The first-order chi connectivity index (χ1) is 10.9. The summed E-state index contributed by atoms with van der Waals surface area (Å²) in [6.07, 6.45) is 0. The Morgan fingerprint density at radius 3 is 2.45 bits per heavy atom. The summed E-state index contributed by atoms with van der Waals surface area (Å²) in [6, 6.07) is 27.1. The van der Waals surface area contributed by atoms with Crippen LogP contribution in [0.1, 0.15) is 5.56 Å². The van der Waals surface area contributed by atoms with Crippen molar-refractivity contribution in [2.45, 2.75) is 6.61 Å². The molecule has 2 heteroatoms. The Hall–Kier alpha value is -2.74. The molecule has 0 heterocycles. The standard InChI is InChI=1S/C20H17O2/c1-21-20-13-6-5-10-18(20)15-22-19-12-7-11-17(14-19)16-8-3-2-4-9-16/h2-11,13-14H,15H2,1H3. The van der Waals surface area contributed by atoms with Crippen molar-refractivity contribution in [3.05, 3.63) is 84.4 Å². The summed E-state index contributed by atoms with van der Waals surface area (Å²) in [5.41, 5.74) is 3.30. The second-order valence-corrected chi connectivity index (χ2v) is 4.91. The van der Waals surface area contributed by atoms with Crippen molar-refractivity contribution in [1.82, 2.24) is 0 Å². The number of benzene rings is 3. The van der Waals surface area contributed by atoms with Crippen LogP contribution in [-0.4, -0.2) is 7.11 Å². The zero-order valence-electron chi connectivity index (χ0n) is 12.5. The smallest absolute Gasteiger partial charge is 0.128 e. The minimum absolute atomic E-state index is 0.457. The van der Waals surface area contributed by atoms with Crippen LogP contribution < -0.4 is 9.47 Å². The molecule has 0 unspecified atom stereocenters. The average molecular weight is 289 g/mol. The molecule has 0 aliphatic carbocycles. The van der Waals surface area contributed by atoms with Gasteiger partial charge in [-0.3, -0.25) is 0 Å². The van der Waals surface area contributed by atoms with Crippen molar-refractivity contribution >= 4 is 0 Å². The van der Waals surface area contributed by atoms with E-state index in [0.29, 0.717) is 6.61 Å². The van der Waals surface area contributed by atoms with Crippen LogP contribution in [0.5, 0.6) is 11.5 Å². The lowest BCUT2D eigenvalue weighted by atomic mass is 10.1. The fraction of sp³-hybridized carbons (Fsp3) is 0.100. The molecule has 2 nitrogen and oxygen atoms in total. The molecule has 0 saturated carbocycles. The summed E-state index contributed by atoms with van der Waals surface area (Å²) >= 11 is 0. The van der Waals surface area contributed by atoms with E-state index in [0.717, 1.165) is 22.6 Å². The molecule has 0 bridgehead atoms. The van der Waals surface area contributed by atoms with Gasteiger partial charge in [0.05, 0.1) is 7.11 Å². The van der Waals surface area contributed by atoms with Crippen molar-refractivity contribution in [3.63, 3.8) is 0 Å². The van der Waals surface area contributed by atoms with Gasteiger partial charge in [0.1, 0.15) is 18.1 Å². The van der Waals surface area contributed by atoms with Crippen LogP contribution >= 0.6 is 0 Å². The van der Waals surface area contributed by atoms with E-state index in [2.05, 4.69) is 18.2 Å². The summed E-state index contributed by atoms with van der Waals surface area (Å²) in [5, 5.41) is 0. The second kappa shape index (κ2) is 6.81. The van der Waals surface area contributed by atoms with Crippen molar-refractivity contribution in [3.8, 4) is 22.6 Å². The highest BCUT2D eigenvalue weighted by Gasteiger charge is 2.04. The van der Waals surface area contributed by atoms with Gasteiger partial charge in [-0.25, -0.2) is 0 Å². The van der Waals surface area contributed by atoms with E-state index in [9.17, 15) is 0 Å². The molecule has 22 heavy (non-hydrogen) atoms. The Bertz CT molecular complexity index is 735. The molecule has 0 spiro atoms. The molecule has 3 aromatic rings. The number of hydrogen-bond acceptors (Lipinski definition) is 2. The van der Waals surface area contributed by atoms with Crippen LogP contribution in [0.25, 0.3) is 11.1 Å². The summed E-state index contributed by atoms with van der Waals surface area (Å²) in [6.45, 7) is 0.457. The fourth-order valence-electron chi connectivity index (χ4n) is 2.32. The van der Waals surface area contributed by atoms with Gasteiger partial charge in [0.15, 0.2) is 0 Å². The maximum atomic E-state index is 5.86. The summed E-state index contributed by atoms with van der Waals surface area (Å²) in [7, 11) is 1.67. The van der Waals surface area contributed by atoms with Crippen LogP contribution in [0.2, 0.25) is 0 Å². The van der Waals surface area contributed by atoms with Crippen molar-refractivity contribution in [2.24, 2.45) is 0 Å². The van der Waals surface area contributed by atoms with E-state index < -0.39 is 0 Å². The topological polar surface area (TPSA) is 18.5 Å². The lowest BCUT2D eigenvalue weighted by Gasteiger charge is -2.11. The predicted octanol–water partition coefficient (Wildman–Crippen LogP) is 4.74. The highest BCUT2D eigenvalue weighted by molar-refractivity contribution is 5.64. The third-order valence-electron chi connectivity index (χ3n) is 3.46. The molecule has 3 aromatic carbocycles. The quantitative estimate of drug-likeness (QED) is 0.675. The first kappa shape index (κ1) is 14.2. The molecular weight excluding hydrogens is 272 g/mol. The van der Waals surface area contributed by atoms with E-state index >= 15 is 0 Å². The predicted molar refractivity (Wildman–Crippen MR) is 88.0 cm³/mol.